The molecule has 138 valence electrons. The van der Waals surface area contributed by atoms with Crippen LogP contribution < -0.4 is 15.0 Å². The lowest BCUT2D eigenvalue weighted by Crippen LogP contribution is -2.19. The molecule has 1 aromatic heterocycles. The normalized spacial score (nSPS) is 10.5. The van der Waals surface area contributed by atoms with E-state index in [1.807, 2.05) is 74.3 Å². The number of anilines is 3. The van der Waals surface area contributed by atoms with Gasteiger partial charge < -0.3 is 15.0 Å². The molecule has 0 aliphatic rings. The number of carbonyl (C=O) groups is 1. The van der Waals surface area contributed by atoms with Crippen LogP contribution in [0, 0.1) is 0 Å². The van der Waals surface area contributed by atoms with Gasteiger partial charge in [-0.15, -0.1) is 0 Å². The van der Waals surface area contributed by atoms with E-state index in [4.69, 9.17) is 4.74 Å². The molecule has 0 aliphatic carbocycles. The van der Waals surface area contributed by atoms with Crippen molar-refractivity contribution in [3.05, 3.63) is 72.6 Å². The second-order valence-electron chi connectivity index (χ2n) is 6.25. The number of nitrogens with one attached hydrogen (secondary N) is 1. The van der Waals surface area contributed by atoms with Crippen molar-refractivity contribution in [2.75, 3.05) is 17.3 Å². The van der Waals surface area contributed by atoms with E-state index in [2.05, 4.69) is 15.3 Å². The van der Waals surface area contributed by atoms with Gasteiger partial charge in [0, 0.05) is 18.9 Å². The van der Waals surface area contributed by atoms with E-state index in [-0.39, 0.29) is 17.7 Å². The SMILES string of the molecule is CC(C)Oc1ccccc1NC(=O)c1ccnc(N(C)c2ccccc2)n1. The van der Waals surface area contributed by atoms with E-state index < -0.39 is 0 Å². The number of hydrogen-bond acceptors (Lipinski definition) is 5. The summed E-state index contributed by atoms with van der Waals surface area (Å²) in [4.78, 5) is 23.2. The highest BCUT2D eigenvalue weighted by Crippen LogP contribution is 2.25. The number of nitrogens with zero attached hydrogens (tertiary/aromatic N) is 3. The van der Waals surface area contributed by atoms with Gasteiger partial charge in [0.15, 0.2) is 0 Å². The fourth-order valence-electron chi connectivity index (χ4n) is 2.52. The minimum atomic E-state index is -0.320. The molecule has 6 nitrogen and oxygen atoms in total. The summed E-state index contributed by atoms with van der Waals surface area (Å²) in [7, 11) is 1.86. The summed E-state index contributed by atoms with van der Waals surface area (Å²) in [6.45, 7) is 3.88. The molecule has 0 saturated heterocycles. The molecule has 3 aromatic rings. The van der Waals surface area contributed by atoms with Crippen LogP contribution in [-0.4, -0.2) is 29.0 Å². The first-order valence-corrected chi connectivity index (χ1v) is 8.73. The van der Waals surface area contributed by atoms with Gasteiger partial charge in [-0.2, -0.15) is 0 Å². The van der Waals surface area contributed by atoms with E-state index in [0.29, 0.717) is 17.4 Å². The Bertz CT molecular complexity index is 913. The molecule has 3 rings (SSSR count). The third-order valence-corrected chi connectivity index (χ3v) is 3.82. The van der Waals surface area contributed by atoms with Gasteiger partial charge in [0.2, 0.25) is 5.95 Å². The maximum atomic E-state index is 12.7. The van der Waals surface area contributed by atoms with E-state index in [1.165, 1.54) is 0 Å². The Balaban J connectivity index is 1.81. The van der Waals surface area contributed by atoms with Gasteiger partial charge in [-0.05, 0) is 44.2 Å². The average Bonchev–Trinajstić information content (AvgIpc) is 2.69. The van der Waals surface area contributed by atoms with Crippen molar-refractivity contribution in [1.29, 1.82) is 0 Å². The average molecular weight is 362 g/mol. The smallest absolute Gasteiger partial charge is 0.274 e. The molecule has 0 aliphatic heterocycles. The van der Waals surface area contributed by atoms with E-state index in [9.17, 15) is 4.79 Å². The van der Waals surface area contributed by atoms with E-state index in [1.54, 1.807) is 18.3 Å². The van der Waals surface area contributed by atoms with Gasteiger partial charge in [-0.1, -0.05) is 30.3 Å². The predicted octanol–water partition coefficient (Wildman–Crippen LogP) is 4.28. The molecule has 0 fully saturated rings. The highest BCUT2D eigenvalue weighted by atomic mass is 16.5. The first-order chi connectivity index (χ1) is 13.0. The minimum absolute atomic E-state index is 0.00762. The second kappa shape index (κ2) is 8.31. The number of para-hydroxylation sites is 3. The van der Waals surface area contributed by atoms with Crippen molar-refractivity contribution in [3.63, 3.8) is 0 Å². The number of ether oxygens (including phenoxy) is 1. The lowest BCUT2D eigenvalue weighted by atomic mass is 10.2. The number of carbonyl (C=O) groups excluding carboxylic acids is 1. The third kappa shape index (κ3) is 4.61. The number of benzene rings is 2. The van der Waals surface area contributed by atoms with Crippen LogP contribution in [0.1, 0.15) is 24.3 Å². The summed E-state index contributed by atoms with van der Waals surface area (Å²) >= 11 is 0. The van der Waals surface area contributed by atoms with Crippen molar-refractivity contribution in [3.8, 4) is 5.75 Å². The predicted molar refractivity (Wildman–Crippen MR) is 107 cm³/mol. The molecule has 0 radical (unpaired) electrons. The Morgan fingerprint density at radius 2 is 1.74 bits per heavy atom. The second-order valence-corrected chi connectivity index (χ2v) is 6.25. The number of amides is 1. The molecule has 0 saturated carbocycles. The van der Waals surface area contributed by atoms with Crippen molar-refractivity contribution in [2.45, 2.75) is 20.0 Å². The van der Waals surface area contributed by atoms with E-state index >= 15 is 0 Å². The Morgan fingerprint density at radius 1 is 1.04 bits per heavy atom. The maximum absolute atomic E-state index is 12.7. The van der Waals surface area contributed by atoms with Gasteiger partial charge in [0.25, 0.3) is 5.91 Å². The van der Waals surface area contributed by atoms with Crippen LogP contribution in [0.15, 0.2) is 66.9 Å². The Morgan fingerprint density at radius 3 is 2.48 bits per heavy atom. The fraction of sp³-hybridized carbons (Fsp3) is 0.190. The molecule has 27 heavy (non-hydrogen) atoms. The molecule has 1 heterocycles. The minimum Gasteiger partial charge on any atom is -0.489 e. The molecule has 0 spiro atoms. The van der Waals surface area contributed by atoms with Crippen LogP contribution in [0.5, 0.6) is 5.75 Å². The fourth-order valence-corrected chi connectivity index (χ4v) is 2.52. The highest BCUT2D eigenvalue weighted by molar-refractivity contribution is 6.03. The zero-order valence-electron chi connectivity index (χ0n) is 15.6. The first-order valence-electron chi connectivity index (χ1n) is 8.73. The Labute approximate surface area is 158 Å². The third-order valence-electron chi connectivity index (χ3n) is 3.82. The molecule has 1 N–H and O–H groups in total. The van der Waals surface area contributed by atoms with Gasteiger partial charge in [-0.3, -0.25) is 4.79 Å². The van der Waals surface area contributed by atoms with Crippen LogP contribution in [0.3, 0.4) is 0 Å². The summed E-state index contributed by atoms with van der Waals surface area (Å²) < 4.78 is 5.75. The van der Waals surface area contributed by atoms with Gasteiger partial charge >= 0.3 is 0 Å². The van der Waals surface area contributed by atoms with E-state index in [0.717, 1.165) is 5.69 Å². The number of rotatable bonds is 6. The monoisotopic (exact) mass is 362 g/mol. The topological polar surface area (TPSA) is 67.3 Å². The Hall–Kier alpha value is -3.41. The van der Waals surface area contributed by atoms with Crippen molar-refractivity contribution in [1.82, 2.24) is 9.97 Å². The number of hydrogen-bond donors (Lipinski definition) is 1. The largest absolute Gasteiger partial charge is 0.489 e. The van der Waals surface area contributed by atoms with Gasteiger partial charge in [0.05, 0.1) is 11.8 Å². The van der Waals surface area contributed by atoms with Crippen LogP contribution in [0.4, 0.5) is 17.3 Å². The molecule has 1 amide bonds. The highest BCUT2D eigenvalue weighted by Gasteiger charge is 2.14. The number of aromatic nitrogens is 2. The van der Waals surface area contributed by atoms with Crippen molar-refractivity contribution in [2.24, 2.45) is 0 Å². The molecule has 2 aromatic carbocycles. The quantitative estimate of drug-likeness (QED) is 0.709. The van der Waals surface area contributed by atoms with Crippen molar-refractivity contribution < 1.29 is 9.53 Å². The Kier molecular flexibility index (Phi) is 5.66. The maximum Gasteiger partial charge on any atom is 0.274 e. The standard InChI is InChI=1S/C21H22N4O2/c1-15(2)27-19-12-8-7-11-17(19)23-20(26)18-13-14-22-21(24-18)25(3)16-9-5-4-6-10-16/h4-15H,1-3H3,(H,23,26). The summed E-state index contributed by atoms with van der Waals surface area (Å²) in [6, 6.07) is 18.6. The molecule has 0 bridgehead atoms. The zero-order chi connectivity index (χ0) is 19.2. The van der Waals surface area contributed by atoms with Gasteiger partial charge in [-0.25, -0.2) is 9.97 Å². The molecular weight excluding hydrogens is 340 g/mol. The summed E-state index contributed by atoms with van der Waals surface area (Å²) in [5, 5.41) is 2.87. The molecule has 6 heteroatoms. The summed E-state index contributed by atoms with van der Waals surface area (Å²) in [5.41, 5.74) is 1.82. The van der Waals surface area contributed by atoms with Crippen LogP contribution in [-0.2, 0) is 0 Å². The van der Waals surface area contributed by atoms with Crippen LogP contribution >= 0.6 is 0 Å². The summed E-state index contributed by atoms with van der Waals surface area (Å²) in [6.07, 6.45) is 1.58. The summed E-state index contributed by atoms with van der Waals surface area (Å²) in [5.74, 6) is 0.747. The zero-order valence-corrected chi connectivity index (χ0v) is 15.6. The molecule has 0 unspecified atom stereocenters. The molecular formula is C21H22N4O2. The van der Waals surface area contributed by atoms with Crippen LogP contribution in [0.25, 0.3) is 0 Å². The first kappa shape index (κ1) is 18.4. The lowest BCUT2D eigenvalue weighted by molar-refractivity contribution is 0.102. The van der Waals surface area contributed by atoms with Gasteiger partial charge in [0.1, 0.15) is 11.4 Å². The lowest BCUT2D eigenvalue weighted by Gasteiger charge is -2.17. The molecule has 0 atom stereocenters. The van der Waals surface area contributed by atoms with Crippen LogP contribution in [0.2, 0.25) is 0 Å². The van der Waals surface area contributed by atoms with Crippen molar-refractivity contribution >= 4 is 23.2 Å².